The molecule has 0 amide bonds. The molecule has 0 saturated heterocycles. The fourth-order valence-corrected chi connectivity index (χ4v) is 1.40. The first-order valence-electron chi connectivity index (χ1n) is 5.11. The van der Waals surface area contributed by atoms with Crippen molar-refractivity contribution < 1.29 is 30.7 Å². The van der Waals surface area contributed by atoms with Crippen molar-refractivity contribution in [1.82, 2.24) is 0 Å². The number of alkyl halides is 6. The number of halogens is 7. The van der Waals surface area contributed by atoms with E-state index in [-0.39, 0.29) is 18.1 Å². The van der Waals surface area contributed by atoms with Gasteiger partial charge in [-0.2, -0.15) is 26.3 Å². The van der Waals surface area contributed by atoms with E-state index in [1.807, 2.05) is 0 Å². The molecular formula is C12H9F7. The Labute approximate surface area is 104 Å². The molecule has 0 radical (unpaired) electrons. The van der Waals surface area contributed by atoms with Crippen LogP contribution in [0.4, 0.5) is 30.7 Å². The molecule has 0 unspecified atom stereocenters. The molecule has 0 atom stereocenters. The van der Waals surface area contributed by atoms with Gasteiger partial charge in [0.05, 0.1) is 17.0 Å². The fourth-order valence-electron chi connectivity index (χ4n) is 1.40. The number of hydrogen-bond acceptors (Lipinski definition) is 0. The molecule has 0 aliphatic carbocycles. The predicted octanol–water partition coefficient (Wildman–Crippen LogP) is 5.14. The molecule has 0 nitrogen and oxygen atoms in total. The van der Waals surface area contributed by atoms with Crippen LogP contribution in [0, 0.1) is 0 Å². The van der Waals surface area contributed by atoms with Crippen molar-refractivity contribution in [1.29, 1.82) is 0 Å². The summed E-state index contributed by atoms with van der Waals surface area (Å²) in [5, 5.41) is 0. The fraction of sp³-hybridized carbons (Fsp3) is 0.333. The molecule has 0 saturated carbocycles. The van der Waals surface area contributed by atoms with Gasteiger partial charge in [-0.25, -0.2) is 4.39 Å². The summed E-state index contributed by atoms with van der Waals surface area (Å²) in [6.45, 7) is 1.05. The summed E-state index contributed by atoms with van der Waals surface area (Å²) in [6, 6.07) is 1.19. The molecule has 0 aliphatic rings. The zero-order valence-corrected chi connectivity index (χ0v) is 9.66. The second-order valence-corrected chi connectivity index (χ2v) is 3.91. The number of rotatable bonds is 2. The third-order valence-corrected chi connectivity index (χ3v) is 2.27. The van der Waals surface area contributed by atoms with Crippen LogP contribution < -0.4 is 0 Å². The highest BCUT2D eigenvalue weighted by atomic mass is 19.4. The van der Waals surface area contributed by atoms with Crippen LogP contribution in [0.5, 0.6) is 0 Å². The van der Waals surface area contributed by atoms with Gasteiger partial charge in [0, 0.05) is 0 Å². The van der Waals surface area contributed by atoms with Crippen LogP contribution in [0.25, 0.3) is 0 Å². The molecule has 19 heavy (non-hydrogen) atoms. The zero-order valence-electron chi connectivity index (χ0n) is 9.66. The Kier molecular flexibility index (Phi) is 4.27. The van der Waals surface area contributed by atoms with Crippen LogP contribution in [0.1, 0.15) is 23.6 Å². The van der Waals surface area contributed by atoms with E-state index in [0.29, 0.717) is 12.1 Å². The molecule has 0 aliphatic heterocycles. The predicted molar refractivity (Wildman–Crippen MR) is 55.0 cm³/mol. The molecule has 0 fully saturated rings. The van der Waals surface area contributed by atoms with E-state index in [1.165, 1.54) is 0 Å². The Morgan fingerprint density at radius 1 is 0.947 bits per heavy atom. The van der Waals surface area contributed by atoms with Gasteiger partial charge in [0.25, 0.3) is 0 Å². The minimum atomic E-state index is -4.88. The van der Waals surface area contributed by atoms with Crippen LogP contribution >= 0.6 is 0 Å². The van der Waals surface area contributed by atoms with Crippen molar-refractivity contribution in [2.24, 2.45) is 0 Å². The van der Waals surface area contributed by atoms with Gasteiger partial charge in [-0.15, -0.1) is 0 Å². The van der Waals surface area contributed by atoms with Gasteiger partial charge in [0.15, 0.2) is 0 Å². The number of benzene rings is 1. The standard InChI is InChI=1S/C12H9F7/c1-7(13)2-3-8-4-9(11(14,15)16)6-10(5-8)12(17,18)19/h2,4-6H,3H2,1H3/b7-2+. The summed E-state index contributed by atoms with van der Waals surface area (Å²) in [4.78, 5) is 0. The highest BCUT2D eigenvalue weighted by molar-refractivity contribution is 5.34. The Bertz CT molecular complexity index is 444. The molecule has 1 rings (SSSR count). The van der Waals surface area contributed by atoms with E-state index < -0.39 is 29.3 Å². The quantitative estimate of drug-likeness (QED) is 0.660. The van der Waals surface area contributed by atoms with Gasteiger partial charge in [-0.3, -0.25) is 0 Å². The lowest BCUT2D eigenvalue weighted by Crippen LogP contribution is -2.11. The Hall–Kier alpha value is -1.53. The molecule has 1 aromatic carbocycles. The molecule has 0 aromatic heterocycles. The van der Waals surface area contributed by atoms with Crippen LogP contribution in [-0.2, 0) is 18.8 Å². The average molecular weight is 286 g/mol. The van der Waals surface area contributed by atoms with Crippen LogP contribution in [-0.4, -0.2) is 0 Å². The summed E-state index contributed by atoms with van der Waals surface area (Å²) >= 11 is 0. The van der Waals surface area contributed by atoms with Crippen molar-refractivity contribution in [3.63, 3.8) is 0 Å². The largest absolute Gasteiger partial charge is 0.416 e. The third-order valence-electron chi connectivity index (χ3n) is 2.27. The maximum absolute atomic E-state index is 12.5. The lowest BCUT2D eigenvalue weighted by molar-refractivity contribution is -0.143. The van der Waals surface area contributed by atoms with E-state index in [2.05, 4.69) is 0 Å². The van der Waals surface area contributed by atoms with Crippen molar-refractivity contribution >= 4 is 0 Å². The first kappa shape index (κ1) is 15.5. The summed E-state index contributed by atoms with van der Waals surface area (Å²) < 4.78 is 87.3. The first-order valence-corrected chi connectivity index (χ1v) is 5.11. The van der Waals surface area contributed by atoms with E-state index in [9.17, 15) is 30.7 Å². The minimum Gasteiger partial charge on any atom is -0.212 e. The average Bonchev–Trinajstić information content (AvgIpc) is 2.23. The normalized spacial score (nSPS) is 13.8. The van der Waals surface area contributed by atoms with E-state index in [0.717, 1.165) is 13.0 Å². The Morgan fingerprint density at radius 2 is 1.37 bits per heavy atom. The lowest BCUT2D eigenvalue weighted by atomic mass is 10.0. The summed E-state index contributed by atoms with van der Waals surface area (Å²) in [5.41, 5.74) is -3.05. The Balaban J connectivity index is 3.29. The van der Waals surface area contributed by atoms with Gasteiger partial charge in [0.1, 0.15) is 0 Å². The van der Waals surface area contributed by atoms with E-state index in [1.54, 1.807) is 0 Å². The topological polar surface area (TPSA) is 0 Å². The monoisotopic (exact) mass is 286 g/mol. The van der Waals surface area contributed by atoms with Crippen molar-refractivity contribution in [3.8, 4) is 0 Å². The first-order chi connectivity index (χ1) is 8.50. The molecule has 1 aromatic rings. The van der Waals surface area contributed by atoms with Crippen molar-refractivity contribution in [2.75, 3.05) is 0 Å². The number of hydrogen-bond donors (Lipinski definition) is 0. The third kappa shape index (κ3) is 4.57. The molecule has 106 valence electrons. The smallest absolute Gasteiger partial charge is 0.212 e. The molecule has 0 spiro atoms. The highest BCUT2D eigenvalue weighted by Gasteiger charge is 2.36. The van der Waals surface area contributed by atoms with Gasteiger partial charge >= 0.3 is 12.4 Å². The SMILES string of the molecule is C/C(F)=C\Cc1cc(C(F)(F)F)cc(C(F)(F)F)c1. The second-order valence-electron chi connectivity index (χ2n) is 3.91. The number of allylic oxidation sites excluding steroid dienone is 2. The Morgan fingerprint density at radius 3 is 1.68 bits per heavy atom. The van der Waals surface area contributed by atoms with Crippen molar-refractivity contribution in [3.05, 3.63) is 46.8 Å². The van der Waals surface area contributed by atoms with E-state index >= 15 is 0 Å². The second kappa shape index (κ2) is 5.22. The lowest BCUT2D eigenvalue weighted by Gasteiger charge is -2.13. The van der Waals surface area contributed by atoms with Gasteiger partial charge in [0.2, 0.25) is 0 Å². The molecule has 0 heterocycles. The molecule has 0 N–H and O–H groups in total. The highest BCUT2D eigenvalue weighted by Crippen LogP contribution is 2.36. The van der Waals surface area contributed by atoms with Gasteiger partial charge < -0.3 is 0 Å². The van der Waals surface area contributed by atoms with Crippen LogP contribution in [0.3, 0.4) is 0 Å². The summed E-state index contributed by atoms with van der Waals surface area (Å²) in [5.74, 6) is -0.675. The molecular weight excluding hydrogens is 277 g/mol. The maximum Gasteiger partial charge on any atom is 0.416 e. The molecule has 7 heteroatoms. The minimum absolute atomic E-state index is 0.0372. The van der Waals surface area contributed by atoms with Gasteiger partial charge in [-0.1, -0.05) is 0 Å². The van der Waals surface area contributed by atoms with Gasteiger partial charge in [-0.05, 0) is 43.2 Å². The maximum atomic E-state index is 12.5. The van der Waals surface area contributed by atoms with Crippen molar-refractivity contribution in [2.45, 2.75) is 25.7 Å². The zero-order chi connectivity index (χ0) is 14.8. The van der Waals surface area contributed by atoms with Crippen LogP contribution in [0.15, 0.2) is 30.1 Å². The summed E-state index contributed by atoms with van der Waals surface area (Å²) in [7, 11) is 0. The van der Waals surface area contributed by atoms with Crippen LogP contribution in [0.2, 0.25) is 0 Å². The van der Waals surface area contributed by atoms with E-state index in [4.69, 9.17) is 0 Å². The molecule has 0 bridgehead atoms. The summed E-state index contributed by atoms with van der Waals surface area (Å²) in [6.07, 6.45) is -9.19.